The van der Waals surface area contributed by atoms with Crippen molar-refractivity contribution in [1.29, 1.82) is 0 Å². The van der Waals surface area contributed by atoms with E-state index in [1.807, 2.05) is 0 Å². The normalized spacial score (nSPS) is 23.2. The van der Waals surface area contributed by atoms with Gasteiger partial charge in [-0.05, 0) is 31.7 Å². The zero-order valence-corrected chi connectivity index (χ0v) is 8.77. The third kappa shape index (κ3) is 2.78. The van der Waals surface area contributed by atoms with Crippen LogP contribution in [-0.4, -0.2) is 12.6 Å². The average molecular weight is 169 g/mol. The van der Waals surface area contributed by atoms with Crippen molar-refractivity contribution in [2.45, 2.75) is 52.5 Å². The van der Waals surface area contributed by atoms with Crippen LogP contribution in [0.5, 0.6) is 0 Å². The molecule has 0 aromatic heterocycles. The Morgan fingerprint density at radius 1 is 1.33 bits per heavy atom. The first-order valence-electron chi connectivity index (χ1n) is 5.47. The van der Waals surface area contributed by atoms with Crippen molar-refractivity contribution in [3.05, 3.63) is 0 Å². The van der Waals surface area contributed by atoms with Crippen LogP contribution in [0, 0.1) is 11.8 Å². The number of nitrogens with one attached hydrogen (secondary N) is 1. The van der Waals surface area contributed by atoms with Crippen LogP contribution in [0.25, 0.3) is 0 Å². The molecule has 0 aromatic rings. The first-order valence-corrected chi connectivity index (χ1v) is 5.47. The first kappa shape index (κ1) is 10.0. The lowest BCUT2D eigenvalue weighted by molar-refractivity contribution is 0.232. The lowest BCUT2D eigenvalue weighted by atomic mass is 9.78. The van der Waals surface area contributed by atoms with E-state index in [4.69, 9.17) is 0 Å². The van der Waals surface area contributed by atoms with E-state index in [2.05, 4.69) is 26.1 Å². The SMILES string of the molecule is CCNC(C)C(C)CC1CCC1. The van der Waals surface area contributed by atoms with Crippen molar-refractivity contribution in [2.24, 2.45) is 11.8 Å². The first-order chi connectivity index (χ1) is 5.74. The molecule has 0 aromatic carbocycles. The molecule has 0 spiro atoms. The van der Waals surface area contributed by atoms with Gasteiger partial charge in [-0.2, -0.15) is 0 Å². The van der Waals surface area contributed by atoms with Gasteiger partial charge in [-0.1, -0.05) is 33.1 Å². The summed E-state index contributed by atoms with van der Waals surface area (Å²) in [6.45, 7) is 7.99. The van der Waals surface area contributed by atoms with Crippen LogP contribution < -0.4 is 5.32 Å². The van der Waals surface area contributed by atoms with Crippen LogP contribution in [0.15, 0.2) is 0 Å². The highest BCUT2D eigenvalue weighted by atomic mass is 14.9. The molecule has 1 aliphatic rings. The van der Waals surface area contributed by atoms with Gasteiger partial charge in [-0.15, -0.1) is 0 Å². The van der Waals surface area contributed by atoms with Gasteiger partial charge in [0, 0.05) is 6.04 Å². The standard InChI is InChI=1S/C11H23N/c1-4-12-10(3)9(2)8-11-6-5-7-11/h9-12H,4-8H2,1-3H3. The van der Waals surface area contributed by atoms with E-state index in [9.17, 15) is 0 Å². The van der Waals surface area contributed by atoms with E-state index >= 15 is 0 Å². The maximum absolute atomic E-state index is 3.50. The zero-order valence-electron chi connectivity index (χ0n) is 8.77. The highest BCUT2D eigenvalue weighted by Crippen LogP contribution is 2.32. The molecule has 0 aliphatic heterocycles. The summed E-state index contributed by atoms with van der Waals surface area (Å²) in [5.74, 6) is 1.91. The van der Waals surface area contributed by atoms with Crippen LogP contribution >= 0.6 is 0 Å². The van der Waals surface area contributed by atoms with Crippen molar-refractivity contribution in [3.63, 3.8) is 0 Å². The maximum Gasteiger partial charge on any atom is 0.00643 e. The number of rotatable bonds is 5. The average Bonchev–Trinajstić information content (AvgIpc) is 1.97. The quantitative estimate of drug-likeness (QED) is 0.667. The Bertz CT molecular complexity index is 118. The third-order valence-corrected chi connectivity index (χ3v) is 3.31. The van der Waals surface area contributed by atoms with Crippen LogP contribution in [0.1, 0.15) is 46.5 Å². The molecule has 72 valence electrons. The molecule has 1 saturated carbocycles. The van der Waals surface area contributed by atoms with Crippen molar-refractivity contribution in [3.8, 4) is 0 Å². The lowest BCUT2D eigenvalue weighted by Crippen LogP contribution is -2.33. The van der Waals surface area contributed by atoms with E-state index in [0.29, 0.717) is 6.04 Å². The Kier molecular flexibility index (Phi) is 4.07. The Morgan fingerprint density at radius 3 is 2.42 bits per heavy atom. The van der Waals surface area contributed by atoms with Crippen LogP contribution in [0.4, 0.5) is 0 Å². The molecule has 1 nitrogen and oxygen atoms in total. The molecule has 0 bridgehead atoms. The Hall–Kier alpha value is -0.0400. The topological polar surface area (TPSA) is 12.0 Å². The van der Waals surface area contributed by atoms with E-state index < -0.39 is 0 Å². The minimum Gasteiger partial charge on any atom is -0.314 e. The predicted octanol–water partition coefficient (Wildman–Crippen LogP) is 2.81. The molecule has 2 atom stereocenters. The minimum atomic E-state index is 0.704. The van der Waals surface area contributed by atoms with Gasteiger partial charge in [0.05, 0.1) is 0 Å². The zero-order chi connectivity index (χ0) is 8.97. The van der Waals surface area contributed by atoms with E-state index in [1.54, 1.807) is 0 Å². The molecular weight excluding hydrogens is 146 g/mol. The van der Waals surface area contributed by atoms with Crippen LogP contribution in [0.3, 0.4) is 0 Å². The summed E-state index contributed by atoms with van der Waals surface area (Å²) < 4.78 is 0. The summed E-state index contributed by atoms with van der Waals surface area (Å²) in [5, 5.41) is 3.50. The molecule has 1 N–H and O–H groups in total. The van der Waals surface area contributed by atoms with Gasteiger partial charge >= 0.3 is 0 Å². The van der Waals surface area contributed by atoms with Crippen molar-refractivity contribution >= 4 is 0 Å². The van der Waals surface area contributed by atoms with Crippen LogP contribution in [0.2, 0.25) is 0 Å². The van der Waals surface area contributed by atoms with Gasteiger partial charge in [0.1, 0.15) is 0 Å². The van der Waals surface area contributed by atoms with Crippen LogP contribution in [-0.2, 0) is 0 Å². The van der Waals surface area contributed by atoms with Gasteiger partial charge in [-0.25, -0.2) is 0 Å². The Labute approximate surface area is 76.9 Å². The van der Waals surface area contributed by atoms with Gasteiger partial charge in [0.15, 0.2) is 0 Å². The van der Waals surface area contributed by atoms with Crippen molar-refractivity contribution < 1.29 is 0 Å². The van der Waals surface area contributed by atoms with Crippen molar-refractivity contribution in [1.82, 2.24) is 5.32 Å². The van der Waals surface area contributed by atoms with Gasteiger partial charge in [0.25, 0.3) is 0 Å². The molecule has 2 unspecified atom stereocenters. The van der Waals surface area contributed by atoms with Gasteiger partial charge < -0.3 is 5.32 Å². The predicted molar refractivity (Wildman–Crippen MR) is 54.3 cm³/mol. The highest BCUT2D eigenvalue weighted by Gasteiger charge is 2.22. The van der Waals surface area contributed by atoms with Crippen molar-refractivity contribution in [2.75, 3.05) is 6.54 Å². The largest absolute Gasteiger partial charge is 0.314 e. The lowest BCUT2D eigenvalue weighted by Gasteiger charge is -2.30. The third-order valence-electron chi connectivity index (χ3n) is 3.31. The fourth-order valence-electron chi connectivity index (χ4n) is 1.98. The van der Waals surface area contributed by atoms with E-state index in [1.165, 1.54) is 25.7 Å². The fraction of sp³-hybridized carbons (Fsp3) is 1.00. The molecule has 12 heavy (non-hydrogen) atoms. The summed E-state index contributed by atoms with van der Waals surface area (Å²) in [4.78, 5) is 0. The maximum atomic E-state index is 3.50. The molecule has 0 saturated heterocycles. The Balaban J connectivity index is 2.12. The van der Waals surface area contributed by atoms with Gasteiger partial charge in [0.2, 0.25) is 0 Å². The summed E-state index contributed by atoms with van der Waals surface area (Å²) in [6, 6.07) is 0.704. The molecule has 0 radical (unpaired) electrons. The van der Waals surface area contributed by atoms with E-state index in [0.717, 1.165) is 18.4 Å². The second-order valence-electron chi connectivity index (χ2n) is 4.36. The minimum absolute atomic E-state index is 0.704. The molecule has 0 heterocycles. The Morgan fingerprint density at radius 2 is 2.00 bits per heavy atom. The van der Waals surface area contributed by atoms with Gasteiger partial charge in [-0.3, -0.25) is 0 Å². The second-order valence-corrected chi connectivity index (χ2v) is 4.36. The molecule has 1 heteroatoms. The second kappa shape index (κ2) is 4.86. The smallest absolute Gasteiger partial charge is 0.00643 e. The summed E-state index contributed by atoms with van der Waals surface area (Å²) in [6.07, 6.45) is 5.90. The molecule has 0 amide bonds. The molecule has 1 fully saturated rings. The molecular formula is C11H23N. The highest BCUT2D eigenvalue weighted by molar-refractivity contribution is 4.76. The summed E-state index contributed by atoms with van der Waals surface area (Å²) >= 11 is 0. The fourth-order valence-corrected chi connectivity index (χ4v) is 1.98. The monoisotopic (exact) mass is 169 g/mol. The summed E-state index contributed by atoms with van der Waals surface area (Å²) in [7, 11) is 0. The molecule has 1 rings (SSSR count). The number of hydrogen-bond acceptors (Lipinski definition) is 1. The number of hydrogen-bond donors (Lipinski definition) is 1. The summed E-state index contributed by atoms with van der Waals surface area (Å²) in [5.41, 5.74) is 0. The molecule has 1 aliphatic carbocycles. The van der Waals surface area contributed by atoms with E-state index in [-0.39, 0.29) is 0 Å².